The topological polar surface area (TPSA) is 12.0 Å². The number of rotatable bonds is 2. The van der Waals surface area contributed by atoms with Crippen molar-refractivity contribution < 1.29 is 13.2 Å². The largest absolute Gasteiger partial charge is 0.391 e. The third-order valence-electron chi connectivity index (χ3n) is 4.02. The third-order valence-corrected chi connectivity index (χ3v) is 4.02. The number of hydrogen-bond donors (Lipinski definition) is 1. The minimum atomic E-state index is -3.97. The summed E-state index contributed by atoms with van der Waals surface area (Å²) in [6.07, 6.45) is 3.00. The summed E-state index contributed by atoms with van der Waals surface area (Å²) in [5.41, 5.74) is 0. The number of nitrogens with one attached hydrogen (secondary N) is 1. The molecule has 0 atom stereocenters. The van der Waals surface area contributed by atoms with Crippen molar-refractivity contribution >= 4 is 0 Å². The standard InChI is InChI=1S/C12H20F3N/c13-12(14,15)9-5-7-11(8-6-9)16-10-3-1-2-4-10/h9-11,16H,1-8H2. The average molecular weight is 235 g/mol. The van der Waals surface area contributed by atoms with Gasteiger partial charge in [-0.3, -0.25) is 0 Å². The fourth-order valence-electron chi connectivity index (χ4n) is 3.01. The molecule has 0 aromatic rings. The molecule has 0 spiro atoms. The molecule has 0 aromatic carbocycles. The maximum absolute atomic E-state index is 12.5. The molecule has 1 nitrogen and oxygen atoms in total. The average Bonchev–Trinajstić information content (AvgIpc) is 2.70. The molecule has 4 heteroatoms. The monoisotopic (exact) mass is 235 g/mol. The second-order valence-electron chi connectivity index (χ2n) is 5.24. The van der Waals surface area contributed by atoms with Gasteiger partial charge in [-0.2, -0.15) is 13.2 Å². The maximum atomic E-state index is 12.5. The van der Waals surface area contributed by atoms with Crippen LogP contribution in [0, 0.1) is 5.92 Å². The Labute approximate surface area is 94.8 Å². The lowest BCUT2D eigenvalue weighted by Gasteiger charge is -2.32. The molecule has 0 heterocycles. The van der Waals surface area contributed by atoms with E-state index in [-0.39, 0.29) is 0 Å². The summed E-state index contributed by atoms with van der Waals surface area (Å²) >= 11 is 0. The Balaban J connectivity index is 1.72. The van der Waals surface area contributed by atoms with E-state index in [0.717, 1.165) is 0 Å². The van der Waals surface area contributed by atoms with Gasteiger partial charge in [-0.05, 0) is 38.5 Å². The molecule has 1 N–H and O–H groups in total. The molecule has 2 fully saturated rings. The van der Waals surface area contributed by atoms with Gasteiger partial charge in [-0.25, -0.2) is 0 Å². The van der Waals surface area contributed by atoms with Crippen molar-refractivity contribution in [3.8, 4) is 0 Å². The van der Waals surface area contributed by atoms with E-state index in [0.29, 0.717) is 37.8 Å². The van der Waals surface area contributed by atoms with Crippen molar-refractivity contribution in [2.75, 3.05) is 0 Å². The third kappa shape index (κ3) is 3.12. The first kappa shape index (κ1) is 12.2. The van der Waals surface area contributed by atoms with Gasteiger partial charge < -0.3 is 5.32 Å². The van der Waals surface area contributed by atoms with E-state index in [1.54, 1.807) is 0 Å². The summed E-state index contributed by atoms with van der Waals surface area (Å²) in [4.78, 5) is 0. The molecular formula is C12H20F3N. The number of halogens is 3. The van der Waals surface area contributed by atoms with Crippen LogP contribution < -0.4 is 5.32 Å². The van der Waals surface area contributed by atoms with Gasteiger partial charge in [0.1, 0.15) is 0 Å². The first-order valence-corrected chi connectivity index (χ1v) is 6.38. The van der Waals surface area contributed by atoms with E-state index in [9.17, 15) is 13.2 Å². The lowest BCUT2D eigenvalue weighted by molar-refractivity contribution is -0.182. The highest BCUT2D eigenvalue weighted by Gasteiger charge is 2.41. The molecule has 0 bridgehead atoms. The van der Waals surface area contributed by atoms with E-state index in [1.807, 2.05) is 0 Å². The first-order chi connectivity index (χ1) is 7.55. The fourth-order valence-corrected chi connectivity index (χ4v) is 3.01. The minimum Gasteiger partial charge on any atom is -0.311 e. The smallest absolute Gasteiger partial charge is 0.311 e. The highest BCUT2D eigenvalue weighted by Crippen LogP contribution is 2.37. The molecule has 2 aliphatic rings. The number of hydrogen-bond acceptors (Lipinski definition) is 1. The van der Waals surface area contributed by atoms with Crippen LogP contribution in [0.2, 0.25) is 0 Å². The number of alkyl halides is 3. The van der Waals surface area contributed by atoms with Crippen molar-refractivity contribution in [1.29, 1.82) is 0 Å². The molecule has 2 saturated carbocycles. The summed E-state index contributed by atoms with van der Waals surface area (Å²) in [6, 6.07) is 0.911. The zero-order valence-electron chi connectivity index (χ0n) is 9.52. The second-order valence-corrected chi connectivity index (χ2v) is 5.24. The van der Waals surface area contributed by atoms with E-state index < -0.39 is 12.1 Å². The lowest BCUT2D eigenvalue weighted by Crippen LogP contribution is -2.41. The maximum Gasteiger partial charge on any atom is 0.391 e. The summed E-state index contributed by atoms with van der Waals surface area (Å²) in [7, 11) is 0. The molecule has 2 aliphatic carbocycles. The van der Waals surface area contributed by atoms with Crippen molar-refractivity contribution in [3.05, 3.63) is 0 Å². The Morgan fingerprint density at radius 3 is 1.75 bits per heavy atom. The Kier molecular flexibility index (Phi) is 3.77. The highest BCUT2D eigenvalue weighted by atomic mass is 19.4. The van der Waals surface area contributed by atoms with Crippen LogP contribution in [0.5, 0.6) is 0 Å². The zero-order chi connectivity index (χ0) is 11.6. The van der Waals surface area contributed by atoms with Gasteiger partial charge in [0.25, 0.3) is 0 Å². The van der Waals surface area contributed by atoms with Gasteiger partial charge in [0.15, 0.2) is 0 Å². The van der Waals surface area contributed by atoms with Gasteiger partial charge >= 0.3 is 6.18 Å². The Hall–Kier alpha value is -0.250. The fraction of sp³-hybridized carbons (Fsp3) is 1.00. The molecule has 0 amide bonds. The summed E-state index contributed by atoms with van der Waals surface area (Å²) in [5.74, 6) is -1.05. The quantitative estimate of drug-likeness (QED) is 0.770. The Morgan fingerprint density at radius 2 is 1.25 bits per heavy atom. The molecule has 0 radical (unpaired) electrons. The Bertz CT molecular complexity index is 213. The molecule has 94 valence electrons. The van der Waals surface area contributed by atoms with Crippen LogP contribution in [-0.2, 0) is 0 Å². The van der Waals surface area contributed by atoms with E-state index in [2.05, 4.69) is 5.32 Å². The summed E-state index contributed by atoms with van der Waals surface area (Å²) in [5, 5.41) is 3.52. The van der Waals surface area contributed by atoms with Crippen molar-refractivity contribution in [2.24, 2.45) is 5.92 Å². The predicted molar refractivity (Wildman–Crippen MR) is 57.2 cm³/mol. The van der Waals surface area contributed by atoms with Crippen LogP contribution in [0.15, 0.2) is 0 Å². The molecule has 0 aliphatic heterocycles. The normalized spacial score (nSPS) is 33.2. The molecule has 0 aromatic heterocycles. The minimum absolute atomic E-state index is 0.313. The van der Waals surface area contributed by atoms with Crippen molar-refractivity contribution in [1.82, 2.24) is 5.32 Å². The van der Waals surface area contributed by atoms with E-state index >= 15 is 0 Å². The predicted octanol–water partition coefficient (Wildman–Crippen LogP) is 3.64. The van der Waals surface area contributed by atoms with Crippen LogP contribution in [0.1, 0.15) is 51.4 Å². The second kappa shape index (κ2) is 4.94. The highest BCUT2D eigenvalue weighted by molar-refractivity contribution is 4.84. The van der Waals surface area contributed by atoms with Crippen LogP contribution >= 0.6 is 0 Å². The summed E-state index contributed by atoms with van der Waals surface area (Å²) in [6.45, 7) is 0. The van der Waals surface area contributed by atoms with E-state index in [4.69, 9.17) is 0 Å². The van der Waals surface area contributed by atoms with Gasteiger partial charge in [0.05, 0.1) is 5.92 Å². The van der Waals surface area contributed by atoms with Gasteiger partial charge in [-0.15, -0.1) is 0 Å². The van der Waals surface area contributed by atoms with Crippen LogP contribution in [0.4, 0.5) is 13.2 Å². The molecular weight excluding hydrogens is 215 g/mol. The van der Waals surface area contributed by atoms with Gasteiger partial charge in [-0.1, -0.05) is 12.8 Å². The van der Waals surface area contributed by atoms with E-state index in [1.165, 1.54) is 25.7 Å². The SMILES string of the molecule is FC(F)(F)C1CCC(NC2CCCC2)CC1. The molecule has 16 heavy (non-hydrogen) atoms. The van der Waals surface area contributed by atoms with Crippen LogP contribution in [0.3, 0.4) is 0 Å². The van der Waals surface area contributed by atoms with Crippen LogP contribution in [-0.4, -0.2) is 18.3 Å². The first-order valence-electron chi connectivity index (χ1n) is 6.38. The zero-order valence-corrected chi connectivity index (χ0v) is 9.52. The van der Waals surface area contributed by atoms with Gasteiger partial charge in [0.2, 0.25) is 0 Å². The molecule has 0 unspecified atom stereocenters. The van der Waals surface area contributed by atoms with Crippen molar-refractivity contribution in [3.63, 3.8) is 0 Å². The molecule has 2 rings (SSSR count). The molecule has 0 saturated heterocycles. The van der Waals surface area contributed by atoms with Gasteiger partial charge in [0, 0.05) is 12.1 Å². The lowest BCUT2D eigenvalue weighted by atomic mass is 9.85. The van der Waals surface area contributed by atoms with Crippen LogP contribution in [0.25, 0.3) is 0 Å². The summed E-state index contributed by atoms with van der Waals surface area (Å²) < 4.78 is 37.4. The Morgan fingerprint density at radius 1 is 0.750 bits per heavy atom. The van der Waals surface area contributed by atoms with Crippen molar-refractivity contribution in [2.45, 2.75) is 69.6 Å².